The molecule has 0 aliphatic heterocycles. The molecular formula is C22H19N5OS. The zero-order valence-electron chi connectivity index (χ0n) is 15.8. The van der Waals surface area contributed by atoms with Gasteiger partial charge in [0.05, 0.1) is 11.6 Å². The number of hydrogen-bond donors (Lipinski definition) is 2. The van der Waals surface area contributed by atoms with Crippen LogP contribution in [0.4, 0.5) is 11.5 Å². The summed E-state index contributed by atoms with van der Waals surface area (Å²) in [6.45, 7) is 1.48. The predicted molar refractivity (Wildman–Crippen MR) is 119 cm³/mol. The van der Waals surface area contributed by atoms with Crippen molar-refractivity contribution in [1.82, 2.24) is 9.97 Å². The Balaban J connectivity index is 1.47. The normalized spacial score (nSPS) is 11.1. The van der Waals surface area contributed by atoms with Crippen LogP contribution < -0.4 is 10.7 Å². The third kappa shape index (κ3) is 4.83. The van der Waals surface area contributed by atoms with Crippen molar-refractivity contribution in [2.24, 2.45) is 5.10 Å². The number of carbonyl (C=O) groups is 1. The molecule has 0 saturated heterocycles. The molecular weight excluding hydrogens is 382 g/mol. The molecule has 0 saturated carbocycles. The van der Waals surface area contributed by atoms with Crippen molar-refractivity contribution in [3.63, 3.8) is 0 Å². The fraction of sp³-hybridized carbons (Fsp3) is 0.0909. The quantitative estimate of drug-likeness (QED) is 0.363. The average Bonchev–Trinajstić information content (AvgIpc) is 3.13. The average molecular weight is 401 g/mol. The number of thiophene rings is 1. The molecule has 0 radical (unpaired) electrons. The van der Waals surface area contributed by atoms with Crippen molar-refractivity contribution in [2.75, 3.05) is 10.7 Å². The zero-order valence-corrected chi connectivity index (χ0v) is 16.6. The molecule has 0 unspecified atom stereocenters. The highest BCUT2D eigenvalue weighted by molar-refractivity contribution is 7.18. The summed E-state index contributed by atoms with van der Waals surface area (Å²) in [4.78, 5) is 22.0. The zero-order chi connectivity index (χ0) is 20.1. The van der Waals surface area contributed by atoms with Gasteiger partial charge >= 0.3 is 0 Å². The Morgan fingerprint density at radius 2 is 1.90 bits per heavy atom. The lowest BCUT2D eigenvalue weighted by Gasteiger charge is -2.02. The van der Waals surface area contributed by atoms with E-state index in [9.17, 15) is 4.79 Å². The second-order valence-corrected chi connectivity index (χ2v) is 7.60. The number of hydrogen-bond acceptors (Lipinski definition) is 6. The minimum Gasteiger partial charge on any atom is -0.326 e. The number of amides is 1. The first kappa shape index (κ1) is 18.8. The van der Waals surface area contributed by atoms with Gasteiger partial charge in [0.25, 0.3) is 0 Å². The summed E-state index contributed by atoms with van der Waals surface area (Å²) >= 11 is 1.67. The number of nitrogens with zero attached hydrogens (tertiary/aromatic N) is 3. The van der Waals surface area contributed by atoms with Crippen LogP contribution in [-0.4, -0.2) is 22.1 Å². The maximum Gasteiger partial charge on any atom is 0.221 e. The minimum absolute atomic E-state index is 0.0942. The van der Waals surface area contributed by atoms with E-state index in [4.69, 9.17) is 0 Å². The van der Waals surface area contributed by atoms with E-state index in [1.54, 1.807) is 23.9 Å². The molecule has 0 aliphatic rings. The van der Waals surface area contributed by atoms with Gasteiger partial charge in [0.15, 0.2) is 5.82 Å². The molecule has 2 heterocycles. The standard InChI is InChI=1S/C22H19N5OS/c1-15(28)26-18-9-7-17(8-10-18)13-25-27-21-20-12-19(29-22(20)24-14-23-21)11-16-5-3-2-4-6-16/h2-10,12-14H,11H2,1H3,(H,26,28)(H,23,24,27). The van der Waals surface area contributed by atoms with E-state index in [0.29, 0.717) is 5.82 Å². The number of anilines is 2. The summed E-state index contributed by atoms with van der Waals surface area (Å²) in [5, 5.41) is 8.00. The van der Waals surface area contributed by atoms with Crippen molar-refractivity contribution >= 4 is 45.2 Å². The van der Waals surface area contributed by atoms with Gasteiger partial charge in [0.1, 0.15) is 11.2 Å². The number of carbonyl (C=O) groups excluding carboxylic acids is 1. The Hall–Kier alpha value is -3.58. The first-order chi connectivity index (χ1) is 14.2. The molecule has 144 valence electrons. The molecule has 0 aliphatic carbocycles. The number of aromatic nitrogens is 2. The lowest BCUT2D eigenvalue weighted by Crippen LogP contribution is -2.05. The van der Waals surface area contributed by atoms with Crippen LogP contribution in [0.2, 0.25) is 0 Å². The maximum atomic E-state index is 11.1. The Morgan fingerprint density at radius 1 is 1.10 bits per heavy atom. The smallest absolute Gasteiger partial charge is 0.221 e. The number of benzene rings is 2. The maximum absolute atomic E-state index is 11.1. The molecule has 1 amide bonds. The molecule has 0 fully saturated rings. The highest BCUT2D eigenvalue weighted by Gasteiger charge is 2.09. The van der Waals surface area contributed by atoms with Gasteiger partial charge in [0, 0.05) is 23.9 Å². The molecule has 0 bridgehead atoms. The van der Waals surface area contributed by atoms with Crippen molar-refractivity contribution < 1.29 is 4.79 Å². The Kier molecular flexibility index (Phi) is 5.58. The van der Waals surface area contributed by atoms with Crippen molar-refractivity contribution in [2.45, 2.75) is 13.3 Å². The van der Waals surface area contributed by atoms with Gasteiger partial charge in [-0.3, -0.25) is 10.2 Å². The lowest BCUT2D eigenvalue weighted by atomic mass is 10.1. The summed E-state index contributed by atoms with van der Waals surface area (Å²) in [6, 6.07) is 19.9. The van der Waals surface area contributed by atoms with E-state index in [2.05, 4.69) is 44.0 Å². The molecule has 4 rings (SSSR count). The third-order valence-electron chi connectivity index (χ3n) is 4.22. The number of hydrazone groups is 1. The van der Waals surface area contributed by atoms with E-state index in [1.165, 1.54) is 17.4 Å². The van der Waals surface area contributed by atoms with Gasteiger partial charge in [-0.2, -0.15) is 5.10 Å². The van der Waals surface area contributed by atoms with Crippen LogP contribution in [0.15, 0.2) is 72.1 Å². The van der Waals surface area contributed by atoms with E-state index in [0.717, 1.165) is 27.9 Å². The van der Waals surface area contributed by atoms with Gasteiger partial charge in [-0.15, -0.1) is 11.3 Å². The number of rotatable bonds is 6. The molecule has 29 heavy (non-hydrogen) atoms. The van der Waals surface area contributed by atoms with Crippen LogP contribution in [0.25, 0.3) is 10.2 Å². The van der Waals surface area contributed by atoms with E-state index in [-0.39, 0.29) is 5.91 Å². The fourth-order valence-electron chi connectivity index (χ4n) is 2.90. The SMILES string of the molecule is CC(=O)Nc1ccc(C=NNc2ncnc3sc(Cc4ccccc4)cc23)cc1. The van der Waals surface area contributed by atoms with Crippen molar-refractivity contribution in [3.8, 4) is 0 Å². The molecule has 0 spiro atoms. The summed E-state index contributed by atoms with van der Waals surface area (Å²) in [5.41, 5.74) is 5.94. The lowest BCUT2D eigenvalue weighted by molar-refractivity contribution is -0.114. The topological polar surface area (TPSA) is 79.3 Å². The molecule has 2 aromatic heterocycles. The molecule has 7 heteroatoms. The molecule has 0 atom stereocenters. The molecule has 2 aromatic carbocycles. The number of nitrogens with one attached hydrogen (secondary N) is 2. The number of fused-ring (bicyclic) bond motifs is 1. The van der Waals surface area contributed by atoms with E-state index >= 15 is 0 Å². The summed E-state index contributed by atoms with van der Waals surface area (Å²) < 4.78 is 0. The van der Waals surface area contributed by atoms with Gasteiger partial charge in [-0.05, 0) is 29.3 Å². The van der Waals surface area contributed by atoms with Crippen LogP contribution in [0.3, 0.4) is 0 Å². The Bertz CT molecular complexity index is 1150. The first-order valence-corrected chi connectivity index (χ1v) is 9.93. The van der Waals surface area contributed by atoms with Crippen LogP contribution in [-0.2, 0) is 11.2 Å². The highest BCUT2D eigenvalue weighted by Crippen LogP contribution is 2.29. The largest absolute Gasteiger partial charge is 0.326 e. The third-order valence-corrected chi connectivity index (χ3v) is 5.26. The van der Waals surface area contributed by atoms with E-state index in [1.807, 2.05) is 42.5 Å². The second-order valence-electron chi connectivity index (χ2n) is 6.49. The van der Waals surface area contributed by atoms with E-state index < -0.39 is 0 Å². The van der Waals surface area contributed by atoms with Crippen molar-refractivity contribution in [3.05, 3.63) is 83.0 Å². The Morgan fingerprint density at radius 3 is 2.66 bits per heavy atom. The predicted octanol–water partition coefficient (Wildman–Crippen LogP) is 4.69. The monoisotopic (exact) mass is 401 g/mol. The van der Waals surface area contributed by atoms with Gasteiger partial charge in [-0.1, -0.05) is 42.5 Å². The highest BCUT2D eigenvalue weighted by atomic mass is 32.1. The summed E-state index contributed by atoms with van der Waals surface area (Å²) in [5.74, 6) is 0.583. The fourth-order valence-corrected chi connectivity index (χ4v) is 3.93. The summed E-state index contributed by atoms with van der Waals surface area (Å²) in [7, 11) is 0. The minimum atomic E-state index is -0.0942. The van der Waals surface area contributed by atoms with Crippen LogP contribution in [0, 0.1) is 0 Å². The van der Waals surface area contributed by atoms with Gasteiger partial charge in [0.2, 0.25) is 5.91 Å². The van der Waals surface area contributed by atoms with Crippen LogP contribution in [0.1, 0.15) is 22.9 Å². The van der Waals surface area contributed by atoms with Gasteiger partial charge in [-0.25, -0.2) is 9.97 Å². The second kappa shape index (κ2) is 8.62. The van der Waals surface area contributed by atoms with Crippen LogP contribution in [0.5, 0.6) is 0 Å². The molecule has 2 N–H and O–H groups in total. The molecule has 4 aromatic rings. The molecule has 6 nitrogen and oxygen atoms in total. The Labute approximate surface area is 172 Å². The first-order valence-electron chi connectivity index (χ1n) is 9.11. The van der Waals surface area contributed by atoms with Crippen molar-refractivity contribution in [1.29, 1.82) is 0 Å². The summed E-state index contributed by atoms with van der Waals surface area (Å²) in [6.07, 6.45) is 4.12. The van der Waals surface area contributed by atoms with Crippen LogP contribution >= 0.6 is 11.3 Å². The van der Waals surface area contributed by atoms with Gasteiger partial charge < -0.3 is 5.32 Å².